The second kappa shape index (κ2) is 10.1. The topological polar surface area (TPSA) is 85.7 Å². The van der Waals surface area contributed by atoms with Crippen molar-refractivity contribution in [3.8, 4) is 11.3 Å². The predicted molar refractivity (Wildman–Crippen MR) is 130 cm³/mol. The number of alkyl halides is 3. The number of anilines is 1. The molecule has 2 aromatic heterocycles. The van der Waals surface area contributed by atoms with Gasteiger partial charge in [0.15, 0.2) is 0 Å². The minimum Gasteiger partial charge on any atom is -0.378 e. The van der Waals surface area contributed by atoms with Gasteiger partial charge in [-0.3, -0.25) is 9.78 Å². The first kappa shape index (κ1) is 24.6. The molecule has 37 heavy (non-hydrogen) atoms. The van der Waals surface area contributed by atoms with Crippen molar-refractivity contribution in [1.29, 1.82) is 0 Å². The molecule has 0 unspecified atom stereocenters. The number of halogens is 3. The molecule has 11 heteroatoms. The van der Waals surface area contributed by atoms with Crippen molar-refractivity contribution >= 4 is 29.7 Å². The van der Waals surface area contributed by atoms with E-state index in [1.807, 2.05) is 24.3 Å². The summed E-state index contributed by atoms with van der Waals surface area (Å²) in [6.07, 6.45) is 0.193. The van der Waals surface area contributed by atoms with Crippen LogP contribution in [-0.2, 0) is 16.0 Å². The summed E-state index contributed by atoms with van der Waals surface area (Å²) in [5.74, 6) is -2.81. The van der Waals surface area contributed by atoms with Crippen molar-refractivity contribution in [3.63, 3.8) is 0 Å². The normalized spacial score (nSPS) is 16.0. The number of carbonyl (C=O) groups is 2. The van der Waals surface area contributed by atoms with Crippen molar-refractivity contribution in [3.05, 3.63) is 71.2 Å². The summed E-state index contributed by atoms with van der Waals surface area (Å²) in [7, 11) is 0. The average Bonchev–Trinajstić information content (AvgIpc) is 3.27. The molecule has 1 saturated heterocycles. The number of benzene rings is 1. The monoisotopic (exact) mass is 512 g/mol. The van der Waals surface area contributed by atoms with Crippen LogP contribution in [0.3, 0.4) is 0 Å². The minimum atomic E-state index is -5.19. The molecule has 1 aromatic carbocycles. The van der Waals surface area contributed by atoms with E-state index in [1.54, 1.807) is 18.2 Å². The molecule has 0 spiro atoms. The van der Waals surface area contributed by atoms with Gasteiger partial charge in [0, 0.05) is 43.5 Å². The van der Waals surface area contributed by atoms with Crippen molar-refractivity contribution in [2.45, 2.75) is 12.6 Å². The van der Waals surface area contributed by atoms with Crippen LogP contribution in [0.4, 0.5) is 18.9 Å². The van der Waals surface area contributed by atoms with Gasteiger partial charge in [-0.1, -0.05) is 18.2 Å². The molecular formula is C26H23F3N4O4. The summed E-state index contributed by atoms with van der Waals surface area (Å²) in [5.41, 5.74) is 3.51. The molecule has 0 saturated carbocycles. The van der Waals surface area contributed by atoms with Gasteiger partial charge >= 0.3 is 12.1 Å². The van der Waals surface area contributed by atoms with Gasteiger partial charge in [-0.15, -0.1) is 0 Å². The molecule has 2 aliphatic heterocycles. The lowest BCUT2D eigenvalue weighted by atomic mass is 10.1. The van der Waals surface area contributed by atoms with Gasteiger partial charge < -0.3 is 19.8 Å². The second-order valence-electron chi connectivity index (χ2n) is 8.56. The maximum atomic E-state index is 13.0. The maximum Gasteiger partial charge on any atom is 0.493 e. The molecule has 8 nitrogen and oxygen atoms in total. The first-order chi connectivity index (χ1) is 17.8. The van der Waals surface area contributed by atoms with Gasteiger partial charge in [-0.05, 0) is 42.0 Å². The number of nitrogens with one attached hydrogen (secondary N) is 1. The Kier molecular flexibility index (Phi) is 6.70. The molecule has 4 heterocycles. The third-order valence-electron chi connectivity index (χ3n) is 6.12. The van der Waals surface area contributed by atoms with Crippen LogP contribution >= 0.6 is 0 Å². The Hall–Kier alpha value is -4.12. The Morgan fingerprint density at radius 1 is 1.11 bits per heavy atom. The van der Waals surface area contributed by atoms with Crippen LogP contribution in [0.2, 0.25) is 0 Å². The number of nitrogens with zero attached hydrogens (tertiary/aromatic N) is 3. The molecule has 1 amide bonds. The largest absolute Gasteiger partial charge is 0.493 e. The standard InChI is InChI=1S/C26H23F3N4O4/c27-26(28,29)25(35)37-33-22-7-9-31-24(34)21(22)16-23(33)18-6-8-30-19(15-18)5-4-17-2-1-3-20(14-17)32-10-12-36-13-11-32/h1-6,8,14-16H,7,9-13H2,(H,31,34). The molecule has 1 fully saturated rings. The number of hydrogen-bond acceptors (Lipinski definition) is 6. The molecular weight excluding hydrogens is 489 g/mol. The van der Waals surface area contributed by atoms with E-state index in [9.17, 15) is 22.8 Å². The molecule has 0 atom stereocenters. The quantitative estimate of drug-likeness (QED) is 0.565. The van der Waals surface area contributed by atoms with Crippen molar-refractivity contribution in [1.82, 2.24) is 15.0 Å². The summed E-state index contributed by atoms with van der Waals surface area (Å²) in [4.78, 5) is 35.2. The van der Waals surface area contributed by atoms with E-state index in [4.69, 9.17) is 9.57 Å². The van der Waals surface area contributed by atoms with Crippen molar-refractivity contribution in [2.24, 2.45) is 0 Å². The number of hydrogen-bond donors (Lipinski definition) is 1. The van der Waals surface area contributed by atoms with Crippen LogP contribution in [0.5, 0.6) is 0 Å². The molecule has 3 aromatic rings. The van der Waals surface area contributed by atoms with Gasteiger partial charge in [0.1, 0.15) is 0 Å². The number of pyridine rings is 1. The van der Waals surface area contributed by atoms with Crippen LogP contribution in [0.15, 0.2) is 48.7 Å². The maximum absolute atomic E-state index is 13.0. The van der Waals surface area contributed by atoms with Crippen LogP contribution in [0.25, 0.3) is 23.4 Å². The van der Waals surface area contributed by atoms with Crippen molar-refractivity contribution in [2.75, 3.05) is 37.7 Å². The number of aromatic nitrogens is 2. The fourth-order valence-electron chi connectivity index (χ4n) is 4.32. The Morgan fingerprint density at radius 3 is 2.70 bits per heavy atom. The van der Waals surface area contributed by atoms with Crippen LogP contribution in [0, 0.1) is 0 Å². The van der Waals surface area contributed by atoms with Crippen LogP contribution in [-0.4, -0.2) is 60.6 Å². The lowest BCUT2D eigenvalue weighted by molar-refractivity contribution is -0.199. The Morgan fingerprint density at radius 2 is 1.92 bits per heavy atom. The number of rotatable bonds is 5. The van der Waals surface area contributed by atoms with E-state index >= 15 is 0 Å². The van der Waals surface area contributed by atoms with Crippen molar-refractivity contribution < 1.29 is 32.3 Å². The fourth-order valence-corrected chi connectivity index (χ4v) is 4.32. The molecule has 0 radical (unpaired) electrons. The molecule has 1 N–H and O–H groups in total. The zero-order valence-electron chi connectivity index (χ0n) is 19.6. The fraction of sp³-hybridized carbons (Fsp3) is 0.269. The van der Waals surface area contributed by atoms with Crippen LogP contribution < -0.4 is 15.1 Å². The highest BCUT2D eigenvalue weighted by Crippen LogP contribution is 2.29. The summed E-state index contributed by atoms with van der Waals surface area (Å²) in [6.45, 7) is 3.21. The Bertz CT molecular complexity index is 1360. The summed E-state index contributed by atoms with van der Waals surface area (Å²) in [6, 6.07) is 12.7. The number of morpholine rings is 1. The first-order valence-electron chi connectivity index (χ1n) is 11.7. The summed E-state index contributed by atoms with van der Waals surface area (Å²) < 4.78 is 45.1. The number of fused-ring (bicyclic) bond motifs is 1. The highest BCUT2D eigenvalue weighted by Gasteiger charge is 2.43. The van der Waals surface area contributed by atoms with Gasteiger partial charge in [0.25, 0.3) is 5.91 Å². The smallest absolute Gasteiger partial charge is 0.378 e. The highest BCUT2D eigenvalue weighted by molar-refractivity contribution is 5.98. The predicted octanol–water partition coefficient (Wildman–Crippen LogP) is 3.36. The van der Waals surface area contributed by atoms with E-state index in [0.717, 1.165) is 29.1 Å². The van der Waals surface area contributed by atoms with Crippen LogP contribution in [0.1, 0.15) is 27.3 Å². The third-order valence-corrected chi connectivity index (χ3v) is 6.12. The Balaban J connectivity index is 1.45. The Labute approximate surface area is 210 Å². The van der Waals surface area contributed by atoms with Gasteiger partial charge in [-0.25, -0.2) is 4.79 Å². The molecule has 2 aliphatic rings. The van der Waals surface area contributed by atoms with Gasteiger partial charge in [-0.2, -0.15) is 17.9 Å². The van der Waals surface area contributed by atoms with E-state index in [0.29, 0.717) is 24.5 Å². The van der Waals surface area contributed by atoms with E-state index < -0.39 is 18.1 Å². The zero-order chi connectivity index (χ0) is 26.0. The molecule has 192 valence electrons. The van der Waals surface area contributed by atoms with E-state index in [1.165, 1.54) is 12.3 Å². The van der Waals surface area contributed by atoms with E-state index in [2.05, 4.69) is 21.3 Å². The molecule has 0 bridgehead atoms. The summed E-state index contributed by atoms with van der Waals surface area (Å²) in [5, 5.41) is 2.64. The zero-order valence-corrected chi connectivity index (χ0v) is 19.6. The third kappa shape index (κ3) is 5.36. The lowest BCUT2D eigenvalue weighted by Gasteiger charge is -2.29. The average molecular weight is 512 g/mol. The SMILES string of the molecule is O=C1NCCc2c1cc(-c1ccnc(C=Cc3cccc(N4CCOCC4)c3)c1)n2OC(=O)C(F)(F)F. The second-order valence-corrected chi connectivity index (χ2v) is 8.56. The number of carbonyl (C=O) groups excluding carboxylic acids is 2. The highest BCUT2D eigenvalue weighted by atomic mass is 19.4. The van der Waals surface area contributed by atoms with Gasteiger partial charge in [0.05, 0.1) is 35.9 Å². The lowest BCUT2D eigenvalue weighted by Crippen LogP contribution is -2.37. The number of ether oxygens (including phenoxy) is 1. The molecule has 0 aliphatic carbocycles. The summed E-state index contributed by atoms with van der Waals surface area (Å²) >= 11 is 0. The minimum absolute atomic E-state index is 0.144. The van der Waals surface area contributed by atoms with Gasteiger partial charge in [0.2, 0.25) is 0 Å². The number of amides is 1. The molecule has 5 rings (SSSR count). The van der Waals surface area contributed by atoms with E-state index in [-0.39, 0.29) is 29.9 Å². The first-order valence-corrected chi connectivity index (χ1v) is 11.7.